The molecule has 1 aromatic heterocycles. The molecule has 0 aliphatic carbocycles. The van der Waals surface area contributed by atoms with Gasteiger partial charge in [0.1, 0.15) is 0 Å². The average molecular weight is 446 g/mol. The maximum atomic E-state index is 12.9. The third-order valence-electron chi connectivity index (χ3n) is 5.13. The highest BCUT2D eigenvalue weighted by molar-refractivity contribution is 7.59. The molecular weight excluding hydrogens is 419 g/mol. The molecule has 164 valence electrons. The fourth-order valence-electron chi connectivity index (χ4n) is 3.20. The lowest BCUT2D eigenvalue weighted by atomic mass is 9.95. The molecule has 0 aliphatic heterocycles. The van der Waals surface area contributed by atoms with Crippen molar-refractivity contribution in [3.8, 4) is 17.2 Å². The SMILES string of the molecule is C=C/C(=C\C(C#N)=C/C)C[C@@H](C(=O)OC)C(C)PC(=O)c1ccc(-c2ccncc2)cc1. The van der Waals surface area contributed by atoms with Gasteiger partial charge in [0.05, 0.1) is 19.1 Å². The zero-order valence-electron chi connectivity index (χ0n) is 18.5. The number of nitrogens with zero attached hydrogens (tertiary/aromatic N) is 2. The van der Waals surface area contributed by atoms with Crippen LogP contribution < -0.4 is 0 Å². The van der Waals surface area contributed by atoms with E-state index in [0.29, 0.717) is 17.6 Å². The number of benzene rings is 1. The van der Waals surface area contributed by atoms with E-state index in [1.54, 1.807) is 37.5 Å². The first-order valence-electron chi connectivity index (χ1n) is 10.2. The molecular formula is C26H27N2O3P. The number of rotatable bonds is 10. The standard InChI is InChI=1S/C26H27N2O3P/c1-5-19(15-20(6-2)17-27)16-24(25(29)31-4)18(3)32-26(30)23-9-7-21(8-10-23)22-11-13-28-14-12-22/h5-15,18,24,32H,1,16H2,2-4H3/b19-15+,20-6+/t18?,24-/m1/s1. The summed E-state index contributed by atoms with van der Waals surface area (Å²) in [6.07, 6.45) is 8.84. The van der Waals surface area contributed by atoms with Gasteiger partial charge in [-0.25, -0.2) is 0 Å². The molecule has 3 atom stereocenters. The second kappa shape index (κ2) is 12.5. The molecule has 0 fully saturated rings. The molecule has 2 rings (SSSR count). The number of aromatic nitrogens is 1. The highest BCUT2D eigenvalue weighted by Crippen LogP contribution is 2.34. The van der Waals surface area contributed by atoms with E-state index in [-0.39, 0.29) is 25.7 Å². The Morgan fingerprint density at radius 1 is 1.19 bits per heavy atom. The Kier molecular flexibility index (Phi) is 9.73. The number of esters is 1. The van der Waals surface area contributed by atoms with Crippen molar-refractivity contribution in [1.82, 2.24) is 4.98 Å². The largest absolute Gasteiger partial charge is 0.469 e. The van der Waals surface area contributed by atoms with Crippen molar-refractivity contribution in [2.24, 2.45) is 5.92 Å². The summed E-state index contributed by atoms with van der Waals surface area (Å²) in [5.41, 5.74) is 3.65. The molecule has 2 aromatic rings. The van der Waals surface area contributed by atoms with E-state index in [2.05, 4.69) is 17.6 Å². The molecule has 1 heterocycles. The number of pyridine rings is 1. The summed E-state index contributed by atoms with van der Waals surface area (Å²) < 4.78 is 5.00. The number of allylic oxidation sites excluding steroid dienone is 5. The summed E-state index contributed by atoms with van der Waals surface area (Å²) >= 11 is 0. The Balaban J connectivity index is 2.16. The first-order chi connectivity index (χ1) is 15.4. The predicted molar refractivity (Wildman–Crippen MR) is 130 cm³/mol. The lowest BCUT2D eigenvalue weighted by Gasteiger charge is -2.22. The molecule has 0 aliphatic rings. The maximum Gasteiger partial charge on any atom is 0.309 e. The molecule has 5 nitrogen and oxygen atoms in total. The topological polar surface area (TPSA) is 80.0 Å². The van der Waals surface area contributed by atoms with Crippen LogP contribution in [0.2, 0.25) is 0 Å². The minimum atomic E-state index is -0.514. The third kappa shape index (κ3) is 6.83. The number of nitriles is 1. The second-order valence-electron chi connectivity index (χ2n) is 7.19. The monoisotopic (exact) mass is 446 g/mol. The second-order valence-corrected chi connectivity index (χ2v) is 8.84. The normalized spacial score (nSPS) is 13.9. The smallest absolute Gasteiger partial charge is 0.309 e. The van der Waals surface area contributed by atoms with Gasteiger partial charge < -0.3 is 4.74 Å². The number of hydrogen-bond donors (Lipinski definition) is 0. The van der Waals surface area contributed by atoms with Crippen LogP contribution in [-0.2, 0) is 9.53 Å². The highest BCUT2D eigenvalue weighted by atomic mass is 31.1. The lowest BCUT2D eigenvalue weighted by molar-refractivity contribution is -0.145. The van der Waals surface area contributed by atoms with E-state index >= 15 is 0 Å². The van der Waals surface area contributed by atoms with Crippen LogP contribution in [0, 0.1) is 17.2 Å². The van der Waals surface area contributed by atoms with Crippen molar-refractivity contribution in [3.05, 3.63) is 90.3 Å². The number of carbonyl (C=O) groups is 2. The third-order valence-corrected chi connectivity index (χ3v) is 6.53. The molecule has 0 N–H and O–H groups in total. The van der Waals surface area contributed by atoms with E-state index in [4.69, 9.17) is 4.74 Å². The Morgan fingerprint density at radius 3 is 2.34 bits per heavy atom. The van der Waals surface area contributed by atoms with E-state index < -0.39 is 5.92 Å². The van der Waals surface area contributed by atoms with Gasteiger partial charge in [0.25, 0.3) is 0 Å². The van der Waals surface area contributed by atoms with Gasteiger partial charge in [-0.15, -0.1) is 0 Å². The fraction of sp³-hybridized carbons (Fsp3) is 0.231. The van der Waals surface area contributed by atoms with Crippen molar-refractivity contribution in [1.29, 1.82) is 5.26 Å². The van der Waals surface area contributed by atoms with Gasteiger partial charge in [0, 0.05) is 23.5 Å². The van der Waals surface area contributed by atoms with Crippen molar-refractivity contribution < 1.29 is 14.3 Å². The minimum absolute atomic E-state index is 0.0111. The molecule has 0 saturated heterocycles. The van der Waals surface area contributed by atoms with Gasteiger partial charge >= 0.3 is 5.97 Å². The fourth-order valence-corrected chi connectivity index (χ4v) is 4.40. The van der Waals surface area contributed by atoms with Gasteiger partial charge in [-0.3, -0.25) is 14.6 Å². The summed E-state index contributed by atoms with van der Waals surface area (Å²) in [6, 6.07) is 13.4. The number of hydrogen-bond acceptors (Lipinski definition) is 5. The first-order valence-corrected chi connectivity index (χ1v) is 11.3. The zero-order chi connectivity index (χ0) is 23.5. The minimum Gasteiger partial charge on any atom is -0.469 e. The van der Waals surface area contributed by atoms with Crippen LogP contribution in [0.1, 0.15) is 30.6 Å². The number of carbonyl (C=O) groups excluding carboxylic acids is 2. The van der Waals surface area contributed by atoms with Crippen LogP contribution >= 0.6 is 8.58 Å². The average Bonchev–Trinajstić information content (AvgIpc) is 2.84. The van der Waals surface area contributed by atoms with Crippen molar-refractivity contribution in [3.63, 3.8) is 0 Å². The van der Waals surface area contributed by atoms with Crippen LogP contribution in [0.25, 0.3) is 11.1 Å². The molecule has 0 amide bonds. The molecule has 0 bridgehead atoms. The Bertz CT molecular complexity index is 1050. The molecule has 0 radical (unpaired) electrons. The summed E-state index contributed by atoms with van der Waals surface area (Å²) in [7, 11) is 1.25. The predicted octanol–water partition coefficient (Wildman–Crippen LogP) is 5.72. The maximum absolute atomic E-state index is 12.9. The van der Waals surface area contributed by atoms with Gasteiger partial charge in [-0.1, -0.05) is 49.9 Å². The number of methoxy groups -OCH3 is 1. The molecule has 0 spiro atoms. The van der Waals surface area contributed by atoms with Crippen molar-refractivity contribution in [2.45, 2.75) is 25.9 Å². The van der Waals surface area contributed by atoms with E-state index in [9.17, 15) is 14.9 Å². The van der Waals surface area contributed by atoms with Crippen molar-refractivity contribution >= 4 is 20.1 Å². The van der Waals surface area contributed by atoms with Gasteiger partial charge in [-0.05, 0) is 62.5 Å². The molecule has 0 saturated carbocycles. The van der Waals surface area contributed by atoms with E-state index in [1.807, 2.05) is 43.3 Å². The zero-order valence-corrected chi connectivity index (χ0v) is 19.5. The summed E-state index contributed by atoms with van der Waals surface area (Å²) in [5.74, 6) is -0.892. The Hall–Kier alpha value is -3.35. The number of ether oxygens (including phenoxy) is 1. The van der Waals surface area contributed by atoms with Crippen LogP contribution in [0.3, 0.4) is 0 Å². The van der Waals surface area contributed by atoms with Crippen molar-refractivity contribution in [2.75, 3.05) is 7.11 Å². The van der Waals surface area contributed by atoms with Crippen LogP contribution in [0.15, 0.2) is 84.7 Å². The molecule has 2 unspecified atom stereocenters. The van der Waals surface area contributed by atoms with Crippen LogP contribution in [-0.4, -0.2) is 29.2 Å². The molecule has 1 aromatic carbocycles. The quantitative estimate of drug-likeness (QED) is 0.202. The molecule has 6 heteroatoms. The molecule has 32 heavy (non-hydrogen) atoms. The van der Waals surface area contributed by atoms with Gasteiger partial charge in [0.15, 0.2) is 5.52 Å². The van der Waals surface area contributed by atoms with E-state index in [1.165, 1.54) is 7.11 Å². The highest BCUT2D eigenvalue weighted by Gasteiger charge is 2.28. The van der Waals surface area contributed by atoms with Crippen LogP contribution in [0.5, 0.6) is 0 Å². The Labute approximate surface area is 191 Å². The van der Waals surface area contributed by atoms with Gasteiger partial charge in [-0.2, -0.15) is 5.26 Å². The Morgan fingerprint density at radius 2 is 1.81 bits per heavy atom. The summed E-state index contributed by atoms with van der Waals surface area (Å²) in [5, 5.41) is 9.17. The first kappa shape index (κ1) is 24.9. The van der Waals surface area contributed by atoms with E-state index in [0.717, 1.165) is 16.7 Å². The van der Waals surface area contributed by atoms with Gasteiger partial charge in [0.2, 0.25) is 0 Å². The summed E-state index contributed by atoms with van der Waals surface area (Å²) in [4.78, 5) is 29.4. The van der Waals surface area contributed by atoms with Crippen LogP contribution in [0.4, 0.5) is 0 Å². The lowest BCUT2D eigenvalue weighted by Crippen LogP contribution is -2.26. The summed E-state index contributed by atoms with van der Waals surface area (Å²) in [6.45, 7) is 7.45.